The van der Waals surface area contributed by atoms with Gasteiger partial charge in [-0.1, -0.05) is 6.07 Å². The Hall–Kier alpha value is -3.41. The molecule has 2 aromatic heterocycles. The van der Waals surface area contributed by atoms with Crippen LogP contribution in [0.1, 0.15) is 16.8 Å². The van der Waals surface area contributed by atoms with Crippen molar-refractivity contribution in [3.8, 4) is 0 Å². The molecular weight excluding hydrogens is 328 g/mol. The lowest BCUT2D eigenvalue weighted by molar-refractivity contribution is -0.382. The topological polar surface area (TPSA) is 83.8 Å². The Bertz CT molecular complexity index is 1150. The molecule has 0 aliphatic rings. The van der Waals surface area contributed by atoms with Crippen LogP contribution >= 0.6 is 0 Å². The molecule has 0 aliphatic carbocycles. The van der Waals surface area contributed by atoms with Gasteiger partial charge in [0.25, 0.3) is 0 Å². The quantitative estimate of drug-likeness (QED) is 0.408. The second-order valence-electron chi connectivity index (χ2n) is 6.40. The Morgan fingerprint density at radius 1 is 1.15 bits per heavy atom. The van der Waals surface area contributed by atoms with Crippen molar-refractivity contribution in [3.05, 3.63) is 75.6 Å². The molecule has 2 N–H and O–H groups in total. The molecule has 0 bridgehead atoms. The van der Waals surface area contributed by atoms with E-state index in [1.165, 1.54) is 10.9 Å². The number of nitro groups is 1. The number of aromatic nitrogens is 2. The molecule has 4 rings (SSSR count). The van der Waals surface area contributed by atoms with Crippen LogP contribution in [0.3, 0.4) is 0 Å². The van der Waals surface area contributed by atoms with Crippen LogP contribution in [0.5, 0.6) is 0 Å². The van der Waals surface area contributed by atoms with Gasteiger partial charge < -0.3 is 10.3 Å². The fourth-order valence-corrected chi connectivity index (χ4v) is 3.29. The Balaban J connectivity index is 1.68. The van der Waals surface area contributed by atoms with Gasteiger partial charge in [0, 0.05) is 29.3 Å². The number of hydrogen-bond acceptors (Lipinski definition) is 4. The smallest absolute Gasteiger partial charge is 0.301 e. The number of fused-ring (bicyclic) bond motifs is 2. The first-order chi connectivity index (χ1) is 12.5. The van der Waals surface area contributed by atoms with Crippen molar-refractivity contribution < 1.29 is 4.92 Å². The van der Waals surface area contributed by atoms with E-state index in [0.717, 1.165) is 16.8 Å². The summed E-state index contributed by atoms with van der Waals surface area (Å²) >= 11 is 0. The van der Waals surface area contributed by atoms with Gasteiger partial charge in [0.15, 0.2) is 0 Å². The first kappa shape index (κ1) is 16.1. The zero-order chi connectivity index (χ0) is 18.3. The number of aromatic amines is 1. The number of benzene rings is 2. The number of nitrogens with zero attached hydrogens (tertiary/aromatic N) is 2. The summed E-state index contributed by atoms with van der Waals surface area (Å²) in [5, 5.41) is 16.5. The molecule has 0 radical (unpaired) electrons. The van der Waals surface area contributed by atoms with Crippen LogP contribution in [0, 0.1) is 24.0 Å². The summed E-state index contributed by atoms with van der Waals surface area (Å²) in [4.78, 5) is 18.8. The number of nitrogens with one attached hydrogen (secondary N) is 2. The Kier molecular flexibility index (Phi) is 3.80. The van der Waals surface area contributed by atoms with Gasteiger partial charge in [-0.05, 0) is 61.4 Å². The lowest BCUT2D eigenvalue weighted by atomic mass is 10.1. The largest absolute Gasteiger partial charge is 0.375 e. The molecular formula is C20H18N4O2. The molecule has 26 heavy (non-hydrogen) atoms. The third-order valence-electron chi connectivity index (χ3n) is 4.79. The van der Waals surface area contributed by atoms with Crippen molar-refractivity contribution in [3.63, 3.8) is 0 Å². The molecule has 130 valence electrons. The molecule has 0 spiro atoms. The highest BCUT2D eigenvalue weighted by atomic mass is 16.6. The van der Waals surface area contributed by atoms with Crippen LogP contribution in [0.2, 0.25) is 0 Å². The fraction of sp³-hybridized carbons (Fsp3) is 0.150. The van der Waals surface area contributed by atoms with Gasteiger partial charge in [-0.15, -0.1) is 0 Å². The molecule has 0 saturated heterocycles. The van der Waals surface area contributed by atoms with Gasteiger partial charge in [-0.2, -0.15) is 0 Å². The van der Waals surface area contributed by atoms with Crippen LogP contribution < -0.4 is 5.32 Å². The van der Waals surface area contributed by atoms with E-state index in [-0.39, 0.29) is 10.6 Å². The Labute approximate surface area is 150 Å². The molecule has 0 unspecified atom stereocenters. The highest BCUT2D eigenvalue weighted by Crippen LogP contribution is 2.33. The maximum Gasteiger partial charge on any atom is 0.301 e. The molecule has 4 aromatic rings. The number of aryl methyl sites for hydroxylation is 2. The molecule has 0 fully saturated rings. The van der Waals surface area contributed by atoms with Crippen molar-refractivity contribution in [2.24, 2.45) is 0 Å². The lowest BCUT2D eigenvalue weighted by Gasteiger charge is -2.09. The summed E-state index contributed by atoms with van der Waals surface area (Å²) in [6.45, 7) is 4.65. The normalized spacial score (nSPS) is 11.2. The predicted octanol–water partition coefficient (Wildman–Crippen LogP) is 4.85. The van der Waals surface area contributed by atoms with Gasteiger partial charge >= 0.3 is 5.69 Å². The summed E-state index contributed by atoms with van der Waals surface area (Å²) in [6.07, 6.45) is 1.63. The van der Waals surface area contributed by atoms with Gasteiger partial charge in [0.2, 0.25) is 0 Å². The second-order valence-corrected chi connectivity index (χ2v) is 6.40. The van der Waals surface area contributed by atoms with E-state index < -0.39 is 0 Å². The van der Waals surface area contributed by atoms with Gasteiger partial charge in [0.05, 0.1) is 15.8 Å². The van der Waals surface area contributed by atoms with Crippen molar-refractivity contribution in [2.75, 3.05) is 5.32 Å². The number of nitro benzene ring substituents is 1. The Morgan fingerprint density at radius 3 is 2.81 bits per heavy atom. The third-order valence-corrected chi connectivity index (χ3v) is 4.79. The van der Waals surface area contributed by atoms with E-state index in [9.17, 15) is 10.1 Å². The van der Waals surface area contributed by atoms with Gasteiger partial charge in [0.1, 0.15) is 5.69 Å². The minimum absolute atomic E-state index is 0.0605. The molecule has 2 heterocycles. The summed E-state index contributed by atoms with van der Waals surface area (Å²) in [6, 6.07) is 13.2. The molecule has 0 saturated carbocycles. The van der Waals surface area contributed by atoms with E-state index in [2.05, 4.69) is 35.2 Å². The molecule has 2 aromatic carbocycles. The Morgan fingerprint density at radius 2 is 2.00 bits per heavy atom. The SMILES string of the molecule is Cc1[nH]c2ccc(CNc3ccc4ncccc4c3[N+](=O)[O-])cc2c1C. The van der Waals surface area contributed by atoms with Crippen molar-refractivity contribution in [1.82, 2.24) is 9.97 Å². The molecule has 0 amide bonds. The van der Waals surface area contributed by atoms with Crippen LogP contribution in [0.15, 0.2) is 48.7 Å². The van der Waals surface area contributed by atoms with E-state index >= 15 is 0 Å². The number of pyridine rings is 1. The van der Waals surface area contributed by atoms with Crippen molar-refractivity contribution >= 4 is 33.2 Å². The third kappa shape index (κ3) is 2.65. The van der Waals surface area contributed by atoms with Crippen LogP contribution in [-0.4, -0.2) is 14.9 Å². The van der Waals surface area contributed by atoms with E-state index in [1.54, 1.807) is 30.5 Å². The zero-order valence-electron chi connectivity index (χ0n) is 14.5. The lowest BCUT2D eigenvalue weighted by Crippen LogP contribution is -2.03. The average molecular weight is 346 g/mol. The summed E-state index contributed by atoms with van der Waals surface area (Å²) in [5.41, 5.74) is 5.73. The highest BCUT2D eigenvalue weighted by Gasteiger charge is 2.18. The summed E-state index contributed by atoms with van der Waals surface area (Å²) in [7, 11) is 0. The first-order valence-electron chi connectivity index (χ1n) is 8.38. The minimum atomic E-state index is -0.352. The van der Waals surface area contributed by atoms with E-state index in [4.69, 9.17) is 0 Å². The standard InChI is InChI=1S/C20H18N4O2/c1-12-13(2)23-18-6-5-14(10-16(12)18)11-22-19-8-7-17-15(4-3-9-21-17)20(19)24(25)26/h3-10,22-23H,11H2,1-2H3. The maximum atomic E-state index is 11.6. The zero-order valence-corrected chi connectivity index (χ0v) is 14.5. The van der Waals surface area contributed by atoms with Crippen molar-refractivity contribution in [1.29, 1.82) is 0 Å². The maximum absolute atomic E-state index is 11.6. The second kappa shape index (κ2) is 6.15. The molecule has 0 aliphatic heterocycles. The monoisotopic (exact) mass is 346 g/mol. The van der Waals surface area contributed by atoms with Crippen LogP contribution in [0.4, 0.5) is 11.4 Å². The molecule has 6 heteroatoms. The van der Waals surface area contributed by atoms with E-state index in [0.29, 0.717) is 23.1 Å². The minimum Gasteiger partial charge on any atom is -0.375 e. The van der Waals surface area contributed by atoms with Crippen LogP contribution in [-0.2, 0) is 6.54 Å². The van der Waals surface area contributed by atoms with Crippen LogP contribution in [0.25, 0.3) is 21.8 Å². The van der Waals surface area contributed by atoms with E-state index in [1.807, 2.05) is 12.1 Å². The van der Waals surface area contributed by atoms with Crippen molar-refractivity contribution in [2.45, 2.75) is 20.4 Å². The average Bonchev–Trinajstić information content (AvgIpc) is 2.93. The highest BCUT2D eigenvalue weighted by molar-refractivity contribution is 5.94. The fourth-order valence-electron chi connectivity index (χ4n) is 3.29. The number of H-pyrrole nitrogens is 1. The molecule has 6 nitrogen and oxygen atoms in total. The van der Waals surface area contributed by atoms with Gasteiger partial charge in [-0.3, -0.25) is 15.1 Å². The summed E-state index contributed by atoms with van der Waals surface area (Å²) in [5.74, 6) is 0. The number of anilines is 1. The molecule has 0 atom stereocenters. The number of hydrogen-bond donors (Lipinski definition) is 2. The number of rotatable bonds is 4. The predicted molar refractivity (Wildman–Crippen MR) is 103 cm³/mol. The van der Waals surface area contributed by atoms with Gasteiger partial charge in [-0.25, -0.2) is 0 Å². The first-order valence-corrected chi connectivity index (χ1v) is 8.38. The summed E-state index contributed by atoms with van der Waals surface area (Å²) < 4.78 is 0.